The molecule has 0 aliphatic carbocycles. The van der Waals surface area contributed by atoms with Gasteiger partial charge in [-0.1, -0.05) is 18.2 Å². The van der Waals surface area contributed by atoms with Gasteiger partial charge in [0.2, 0.25) is 0 Å². The van der Waals surface area contributed by atoms with Gasteiger partial charge in [0, 0.05) is 47.5 Å². The van der Waals surface area contributed by atoms with Crippen molar-refractivity contribution in [2.45, 2.75) is 44.9 Å². The predicted molar refractivity (Wildman–Crippen MR) is 109 cm³/mol. The van der Waals surface area contributed by atoms with Crippen LogP contribution in [0.3, 0.4) is 0 Å². The molecule has 3 aliphatic heterocycles. The van der Waals surface area contributed by atoms with Gasteiger partial charge in [-0.25, -0.2) is 0 Å². The Labute approximate surface area is 160 Å². The van der Waals surface area contributed by atoms with Crippen LogP contribution in [0.5, 0.6) is 0 Å². The van der Waals surface area contributed by atoms with Gasteiger partial charge in [0.25, 0.3) is 0 Å². The van der Waals surface area contributed by atoms with Crippen LogP contribution >= 0.6 is 0 Å². The summed E-state index contributed by atoms with van der Waals surface area (Å²) in [5.74, 6) is 0. The van der Waals surface area contributed by atoms with Gasteiger partial charge in [-0.3, -0.25) is 4.90 Å². The molecule has 1 aromatic heterocycles. The van der Waals surface area contributed by atoms with Gasteiger partial charge in [-0.15, -0.1) is 0 Å². The molecule has 0 amide bonds. The molecule has 0 bridgehead atoms. The van der Waals surface area contributed by atoms with E-state index in [2.05, 4.69) is 46.5 Å². The molecular formula is C23H27N3O. The van der Waals surface area contributed by atoms with E-state index in [0.717, 1.165) is 24.2 Å². The van der Waals surface area contributed by atoms with Crippen molar-refractivity contribution in [3.8, 4) is 0 Å². The molecule has 0 saturated carbocycles. The van der Waals surface area contributed by atoms with Crippen LogP contribution in [0.2, 0.25) is 0 Å². The number of nitrogens with zero attached hydrogens (tertiary/aromatic N) is 2. The highest BCUT2D eigenvalue weighted by Crippen LogP contribution is 2.43. The lowest BCUT2D eigenvalue weighted by Crippen LogP contribution is -2.32. The van der Waals surface area contributed by atoms with Crippen LogP contribution in [0.4, 0.5) is 0 Å². The fourth-order valence-electron chi connectivity index (χ4n) is 5.09. The van der Waals surface area contributed by atoms with E-state index in [1.165, 1.54) is 47.1 Å². The standard InChI is InChI=1S/C23H27N3O/c1-15-5-6-19-18(12-15)23-20-4-3-10-25(20)11-8-21(23)26(19)14-22(27)17-7-9-24-16(2)13-17/h5-7,9,12-13,20,22,24,27H,2-4,8,10-11,14H2,1H3. The Morgan fingerprint density at radius 1 is 1.33 bits per heavy atom. The van der Waals surface area contributed by atoms with E-state index in [1.807, 2.05) is 18.4 Å². The Balaban J connectivity index is 1.60. The lowest BCUT2D eigenvalue weighted by molar-refractivity contribution is 0.189. The van der Waals surface area contributed by atoms with E-state index in [9.17, 15) is 5.11 Å². The van der Waals surface area contributed by atoms with E-state index < -0.39 is 6.10 Å². The third-order valence-corrected chi connectivity index (χ3v) is 6.33. The molecule has 140 valence electrons. The number of aryl methyl sites for hydroxylation is 1. The van der Waals surface area contributed by atoms with E-state index in [-0.39, 0.29) is 0 Å². The van der Waals surface area contributed by atoms with Gasteiger partial charge in [0.1, 0.15) is 0 Å². The van der Waals surface area contributed by atoms with Gasteiger partial charge in [-0.05, 0) is 61.7 Å². The van der Waals surface area contributed by atoms with Crippen molar-refractivity contribution in [2.24, 2.45) is 0 Å². The number of allylic oxidation sites excluding steroid dienone is 1. The fourth-order valence-corrected chi connectivity index (χ4v) is 5.09. The first-order chi connectivity index (χ1) is 13.1. The summed E-state index contributed by atoms with van der Waals surface area (Å²) in [5, 5.41) is 15.4. The Hall–Kier alpha value is -2.30. The maximum atomic E-state index is 10.9. The van der Waals surface area contributed by atoms with Crippen molar-refractivity contribution in [1.29, 1.82) is 0 Å². The molecule has 1 aromatic carbocycles. The van der Waals surface area contributed by atoms with E-state index >= 15 is 0 Å². The lowest BCUT2D eigenvalue weighted by atomic mass is 9.95. The molecular weight excluding hydrogens is 334 g/mol. The highest BCUT2D eigenvalue weighted by molar-refractivity contribution is 5.87. The SMILES string of the molecule is C=C1C=C(C(O)Cn2c3c(c4cc(C)ccc42)C2CCCN2CC3)C=CN1. The maximum absolute atomic E-state index is 10.9. The predicted octanol–water partition coefficient (Wildman–Crippen LogP) is 3.56. The molecule has 1 saturated heterocycles. The molecule has 4 heterocycles. The highest BCUT2D eigenvalue weighted by Gasteiger charge is 2.35. The molecule has 3 aliphatic rings. The molecule has 2 N–H and O–H groups in total. The molecule has 2 aromatic rings. The zero-order chi connectivity index (χ0) is 18.5. The average Bonchev–Trinajstić information content (AvgIpc) is 3.24. The monoisotopic (exact) mass is 361 g/mol. The normalized spacial score (nSPS) is 23.1. The minimum atomic E-state index is -0.539. The molecule has 27 heavy (non-hydrogen) atoms. The van der Waals surface area contributed by atoms with Gasteiger partial charge < -0.3 is 15.0 Å². The second kappa shape index (κ2) is 6.39. The number of rotatable bonds is 3. The van der Waals surface area contributed by atoms with Crippen LogP contribution in [0.1, 0.15) is 35.7 Å². The number of hydrogen-bond acceptors (Lipinski definition) is 3. The number of dihydropyridines is 1. The Kier molecular flexibility index (Phi) is 3.99. The Bertz CT molecular complexity index is 981. The number of hydrogen-bond donors (Lipinski definition) is 2. The largest absolute Gasteiger partial charge is 0.387 e. The summed E-state index contributed by atoms with van der Waals surface area (Å²) < 4.78 is 2.38. The van der Waals surface area contributed by atoms with Crippen molar-refractivity contribution < 1.29 is 5.11 Å². The number of benzene rings is 1. The summed E-state index contributed by atoms with van der Waals surface area (Å²) >= 11 is 0. The van der Waals surface area contributed by atoms with Gasteiger partial charge >= 0.3 is 0 Å². The summed E-state index contributed by atoms with van der Waals surface area (Å²) in [5.41, 5.74) is 7.25. The third-order valence-electron chi connectivity index (χ3n) is 6.33. The van der Waals surface area contributed by atoms with Crippen molar-refractivity contribution >= 4 is 10.9 Å². The van der Waals surface area contributed by atoms with Crippen molar-refractivity contribution in [3.05, 3.63) is 71.2 Å². The molecule has 4 heteroatoms. The first-order valence-electron chi connectivity index (χ1n) is 9.99. The molecule has 0 radical (unpaired) electrons. The topological polar surface area (TPSA) is 40.4 Å². The molecule has 4 nitrogen and oxygen atoms in total. The minimum Gasteiger partial charge on any atom is -0.387 e. The lowest BCUT2D eigenvalue weighted by Gasteiger charge is -2.31. The Morgan fingerprint density at radius 2 is 2.22 bits per heavy atom. The van der Waals surface area contributed by atoms with Crippen molar-refractivity contribution in [2.75, 3.05) is 13.1 Å². The summed E-state index contributed by atoms with van der Waals surface area (Å²) in [7, 11) is 0. The fraction of sp³-hybridized carbons (Fsp3) is 0.391. The minimum absolute atomic E-state index is 0.539. The number of aliphatic hydroxyl groups is 1. The molecule has 0 spiro atoms. The van der Waals surface area contributed by atoms with Gasteiger partial charge in [0.15, 0.2) is 0 Å². The van der Waals surface area contributed by atoms with Crippen LogP contribution in [-0.4, -0.2) is 33.8 Å². The number of aromatic nitrogens is 1. The Morgan fingerprint density at radius 3 is 3.07 bits per heavy atom. The summed E-state index contributed by atoms with van der Waals surface area (Å²) in [6.45, 7) is 9.06. The molecule has 2 atom stereocenters. The zero-order valence-corrected chi connectivity index (χ0v) is 15.9. The van der Waals surface area contributed by atoms with Crippen LogP contribution in [0.25, 0.3) is 10.9 Å². The van der Waals surface area contributed by atoms with Gasteiger partial charge in [-0.2, -0.15) is 0 Å². The smallest absolute Gasteiger partial charge is 0.0970 e. The highest BCUT2D eigenvalue weighted by atomic mass is 16.3. The first-order valence-corrected chi connectivity index (χ1v) is 9.99. The summed E-state index contributed by atoms with van der Waals surface area (Å²) in [6.07, 6.45) is 8.80. The van der Waals surface area contributed by atoms with Crippen LogP contribution in [0, 0.1) is 6.92 Å². The average molecular weight is 361 g/mol. The number of aliphatic hydroxyl groups excluding tert-OH is 1. The molecule has 1 fully saturated rings. The first kappa shape index (κ1) is 16.8. The summed E-state index contributed by atoms with van der Waals surface area (Å²) in [4.78, 5) is 2.65. The van der Waals surface area contributed by atoms with Crippen LogP contribution < -0.4 is 5.32 Å². The number of fused-ring (bicyclic) bond motifs is 5. The van der Waals surface area contributed by atoms with E-state index in [1.54, 1.807) is 0 Å². The zero-order valence-electron chi connectivity index (χ0n) is 15.9. The summed E-state index contributed by atoms with van der Waals surface area (Å²) in [6, 6.07) is 7.31. The third kappa shape index (κ3) is 2.75. The van der Waals surface area contributed by atoms with E-state index in [0.29, 0.717) is 12.6 Å². The second-order valence-electron chi connectivity index (χ2n) is 8.10. The van der Waals surface area contributed by atoms with Crippen LogP contribution in [-0.2, 0) is 13.0 Å². The van der Waals surface area contributed by atoms with Crippen molar-refractivity contribution in [3.63, 3.8) is 0 Å². The molecule has 2 unspecified atom stereocenters. The van der Waals surface area contributed by atoms with Gasteiger partial charge in [0.05, 0.1) is 12.6 Å². The van der Waals surface area contributed by atoms with E-state index in [4.69, 9.17) is 0 Å². The quantitative estimate of drug-likeness (QED) is 0.878. The second-order valence-corrected chi connectivity index (χ2v) is 8.10. The maximum Gasteiger partial charge on any atom is 0.0970 e. The number of nitrogens with one attached hydrogen (secondary N) is 1. The van der Waals surface area contributed by atoms with Crippen molar-refractivity contribution in [1.82, 2.24) is 14.8 Å². The molecule has 5 rings (SSSR count). The van der Waals surface area contributed by atoms with Crippen LogP contribution in [0.15, 0.2) is 54.4 Å².